The van der Waals surface area contributed by atoms with E-state index < -0.39 is 5.41 Å². The number of nitriles is 1. The SMILES string of the molecule is CCC(C#N)(CCOc1ccc(Cl)cc1)c1cccnc1. The van der Waals surface area contributed by atoms with Crippen molar-refractivity contribution in [2.75, 3.05) is 6.61 Å². The van der Waals surface area contributed by atoms with Crippen molar-refractivity contribution in [1.29, 1.82) is 5.26 Å². The molecule has 0 bridgehead atoms. The predicted molar refractivity (Wildman–Crippen MR) is 83.4 cm³/mol. The van der Waals surface area contributed by atoms with Crippen LogP contribution in [0, 0.1) is 11.3 Å². The van der Waals surface area contributed by atoms with Crippen LogP contribution in [0.4, 0.5) is 0 Å². The molecule has 0 aliphatic heterocycles. The molecule has 1 atom stereocenters. The van der Waals surface area contributed by atoms with Crippen molar-refractivity contribution in [1.82, 2.24) is 4.98 Å². The first kappa shape index (κ1) is 15.3. The first-order chi connectivity index (χ1) is 10.2. The van der Waals surface area contributed by atoms with E-state index in [0.29, 0.717) is 18.1 Å². The molecule has 3 nitrogen and oxygen atoms in total. The van der Waals surface area contributed by atoms with Crippen molar-refractivity contribution in [3.8, 4) is 11.8 Å². The van der Waals surface area contributed by atoms with Crippen LogP contribution in [0.5, 0.6) is 5.75 Å². The Kier molecular flexibility index (Phi) is 5.19. The highest BCUT2D eigenvalue weighted by Crippen LogP contribution is 2.30. The standard InChI is InChI=1S/C17H17ClN2O/c1-2-17(13-19,14-4-3-10-20-12-14)9-11-21-16-7-5-15(18)6-8-16/h3-8,10,12H,2,9,11H2,1H3. The summed E-state index contributed by atoms with van der Waals surface area (Å²) in [5.74, 6) is 0.758. The Balaban J connectivity index is 2.04. The summed E-state index contributed by atoms with van der Waals surface area (Å²) in [5.41, 5.74) is 0.385. The highest BCUT2D eigenvalue weighted by molar-refractivity contribution is 6.30. The predicted octanol–water partition coefficient (Wildman–Crippen LogP) is 4.38. The second-order valence-electron chi connectivity index (χ2n) is 4.84. The molecule has 2 aromatic rings. The average molecular weight is 301 g/mol. The molecule has 2 rings (SSSR count). The van der Waals surface area contributed by atoms with Crippen LogP contribution in [0.1, 0.15) is 25.3 Å². The van der Waals surface area contributed by atoms with Crippen LogP contribution < -0.4 is 4.74 Å². The fourth-order valence-electron chi connectivity index (χ4n) is 2.24. The second kappa shape index (κ2) is 7.10. The lowest BCUT2D eigenvalue weighted by atomic mass is 9.78. The zero-order valence-electron chi connectivity index (χ0n) is 11.9. The molecule has 108 valence electrons. The Labute approximate surface area is 130 Å². The van der Waals surface area contributed by atoms with Crippen molar-refractivity contribution < 1.29 is 4.74 Å². The first-order valence-corrected chi connectivity index (χ1v) is 7.28. The Morgan fingerprint density at radius 1 is 1.29 bits per heavy atom. The molecule has 4 heteroatoms. The van der Waals surface area contributed by atoms with Crippen molar-refractivity contribution in [2.24, 2.45) is 0 Å². The molecule has 0 amide bonds. The maximum atomic E-state index is 9.61. The maximum Gasteiger partial charge on any atom is 0.119 e. The number of nitrogens with zero attached hydrogens (tertiary/aromatic N) is 2. The van der Waals surface area contributed by atoms with Gasteiger partial charge >= 0.3 is 0 Å². The number of pyridine rings is 1. The van der Waals surface area contributed by atoms with Gasteiger partial charge in [0.1, 0.15) is 5.75 Å². The van der Waals surface area contributed by atoms with Crippen LogP contribution in [0.2, 0.25) is 5.02 Å². The van der Waals surface area contributed by atoms with E-state index in [1.165, 1.54) is 0 Å². The van der Waals surface area contributed by atoms with Gasteiger partial charge in [0.2, 0.25) is 0 Å². The van der Waals surface area contributed by atoms with Gasteiger partial charge in [-0.2, -0.15) is 5.26 Å². The molecular formula is C17H17ClN2O. The zero-order valence-corrected chi connectivity index (χ0v) is 12.7. The van der Waals surface area contributed by atoms with Crippen LogP contribution >= 0.6 is 11.6 Å². The normalized spacial score (nSPS) is 13.2. The van der Waals surface area contributed by atoms with E-state index in [9.17, 15) is 5.26 Å². The summed E-state index contributed by atoms with van der Waals surface area (Å²) in [6.07, 6.45) is 4.81. The number of aromatic nitrogens is 1. The van der Waals surface area contributed by atoms with Crippen molar-refractivity contribution in [2.45, 2.75) is 25.2 Å². The molecular weight excluding hydrogens is 284 g/mol. The summed E-state index contributed by atoms with van der Waals surface area (Å²) < 4.78 is 5.71. The van der Waals surface area contributed by atoms with Crippen LogP contribution in [0.15, 0.2) is 48.8 Å². The summed E-state index contributed by atoms with van der Waals surface area (Å²) in [5, 5.41) is 10.3. The number of halogens is 1. The van der Waals surface area contributed by atoms with Gasteiger partial charge in [-0.25, -0.2) is 0 Å². The van der Waals surface area contributed by atoms with E-state index in [4.69, 9.17) is 16.3 Å². The van der Waals surface area contributed by atoms with Gasteiger partial charge in [0.15, 0.2) is 0 Å². The molecule has 0 N–H and O–H groups in total. The Morgan fingerprint density at radius 2 is 2.05 bits per heavy atom. The Morgan fingerprint density at radius 3 is 2.62 bits per heavy atom. The fourth-order valence-corrected chi connectivity index (χ4v) is 2.37. The monoisotopic (exact) mass is 300 g/mol. The molecule has 0 radical (unpaired) electrons. The molecule has 0 saturated carbocycles. The van der Waals surface area contributed by atoms with Gasteiger partial charge in [-0.15, -0.1) is 0 Å². The number of hydrogen-bond acceptors (Lipinski definition) is 3. The molecule has 0 spiro atoms. The van der Waals surface area contributed by atoms with E-state index >= 15 is 0 Å². The minimum atomic E-state index is -0.555. The summed E-state index contributed by atoms with van der Waals surface area (Å²) in [6.45, 7) is 2.48. The summed E-state index contributed by atoms with van der Waals surface area (Å²) in [7, 11) is 0. The number of benzene rings is 1. The molecule has 0 saturated heterocycles. The second-order valence-corrected chi connectivity index (χ2v) is 5.28. The smallest absolute Gasteiger partial charge is 0.119 e. The van der Waals surface area contributed by atoms with Gasteiger partial charge in [-0.05, 0) is 42.3 Å². The molecule has 0 aliphatic rings. The topological polar surface area (TPSA) is 45.9 Å². The van der Waals surface area contributed by atoms with E-state index in [2.05, 4.69) is 11.1 Å². The zero-order chi connectivity index (χ0) is 15.1. The Hall–Kier alpha value is -2.05. The third-order valence-electron chi connectivity index (χ3n) is 3.64. The van der Waals surface area contributed by atoms with Crippen LogP contribution in [-0.2, 0) is 5.41 Å². The van der Waals surface area contributed by atoms with E-state index in [1.807, 2.05) is 31.2 Å². The first-order valence-electron chi connectivity index (χ1n) is 6.90. The van der Waals surface area contributed by atoms with E-state index in [1.54, 1.807) is 24.5 Å². The number of rotatable bonds is 6. The molecule has 1 aromatic carbocycles. The molecule has 0 fully saturated rings. The Bertz CT molecular complexity index is 607. The summed E-state index contributed by atoms with van der Waals surface area (Å²) >= 11 is 5.84. The van der Waals surface area contributed by atoms with E-state index in [-0.39, 0.29) is 0 Å². The largest absolute Gasteiger partial charge is 0.494 e. The molecule has 21 heavy (non-hydrogen) atoms. The molecule has 1 aromatic heterocycles. The minimum Gasteiger partial charge on any atom is -0.494 e. The van der Waals surface area contributed by atoms with Gasteiger partial charge in [-0.1, -0.05) is 24.6 Å². The number of hydrogen-bond donors (Lipinski definition) is 0. The van der Waals surface area contributed by atoms with Crippen LogP contribution in [0.25, 0.3) is 0 Å². The van der Waals surface area contributed by atoms with Crippen molar-refractivity contribution in [3.05, 3.63) is 59.4 Å². The minimum absolute atomic E-state index is 0.470. The molecule has 0 aliphatic carbocycles. The summed E-state index contributed by atoms with van der Waals surface area (Å²) in [6, 6.07) is 13.5. The third-order valence-corrected chi connectivity index (χ3v) is 3.89. The van der Waals surface area contributed by atoms with Gasteiger partial charge in [0, 0.05) is 23.8 Å². The highest BCUT2D eigenvalue weighted by Gasteiger charge is 2.30. The average Bonchev–Trinajstić information content (AvgIpc) is 2.55. The van der Waals surface area contributed by atoms with Gasteiger partial charge in [-0.3, -0.25) is 4.98 Å². The lowest BCUT2D eigenvalue weighted by Crippen LogP contribution is -2.26. The van der Waals surface area contributed by atoms with E-state index in [0.717, 1.165) is 17.7 Å². The maximum absolute atomic E-state index is 9.61. The highest BCUT2D eigenvalue weighted by atomic mass is 35.5. The quantitative estimate of drug-likeness (QED) is 0.795. The van der Waals surface area contributed by atoms with Crippen LogP contribution in [-0.4, -0.2) is 11.6 Å². The lowest BCUT2D eigenvalue weighted by molar-refractivity contribution is 0.276. The number of ether oxygens (including phenoxy) is 1. The third kappa shape index (κ3) is 3.74. The summed E-state index contributed by atoms with van der Waals surface area (Å²) in [4.78, 5) is 4.12. The van der Waals surface area contributed by atoms with Crippen molar-refractivity contribution >= 4 is 11.6 Å². The van der Waals surface area contributed by atoms with Crippen LogP contribution in [0.3, 0.4) is 0 Å². The fraction of sp³-hybridized carbons (Fsp3) is 0.294. The van der Waals surface area contributed by atoms with Gasteiger partial charge in [0.25, 0.3) is 0 Å². The lowest BCUT2D eigenvalue weighted by Gasteiger charge is -2.25. The van der Waals surface area contributed by atoms with Crippen molar-refractivity contribution in [3.63, 3.8) is 0 Å². The molecule has 1 unspecified atom stereocenters. The molecule has 1 heterocycles. The van der Waals surface area contributed by atoms with Gasteiger partial charge < -0.3 is 4.74 Å². The van der Waals surface area contributed by atoms with Gasteiger partial charge in [0.05, 0.1) is 18.1 Å².